The summed E-state index contributed by atoms with van der Waals surface area (Å²) in [4.78, 5) is 9.49. The van der Waals surface area contributed by atoms with Gasteiger partial charge in [0.15, 0.2) is 5.96 Å². The highest BCUT2D eigenvalue weighted by molar-refractivity contribution is 5.79. The van der Waals surface area contributed by atoms with E-state index in [4.69, 9.17) is 4.74 Å². The van der Waals surface area contributed by atoms with Crippen LogP contribution >= 0.6 is 0 Å². The molecule has 2 aliphatic heterocycles. The standard InChI is InChI=1S/C23H39N5O/c1-24-23(25-11-8-14-27-12-6-2-3-7-13-27)26-19-21-9-4-5-10-22(21)20-28-15-17-29-18-16-28/h4-5,9-10H,2-3,6-8,11-20H2,1H3,(H2,24,25,26). The van der Waals surface area contributed by atoms with Crippen molar-refractivity contribution in [2.75, 3.05) is 59.5 Å². The molecule has 0 radical (unpaired) electrons. The molecule has 6 nitrogen and oxygen atoms in total. The van der Waals surface area contributed by atoms with E-state index in [1.807, 2.05) is 7.05 Å². The van der Waals surface area contributed by atoms with E-state index in [1.165, 1.54) is 56.4 Å². The van der Waals surface area contributed by atoms with Gasteiger partial charge in [0.25, 0.3) is 0 Å². The summed E-state index contributed by atoms with van der Waals surface area (Å²) < 4.78 is 5.47. The molecule has 0 aromatic heterocycles. The van der Waals surface area contributed by atoms with Crippen LogP contribution in [0.4, 0.5) is 0 Å². The summed E-state index contributed by atoms with van der Waals surface area (Å²) in [6.45, 7) is 10.2. The fourth-order valence-corrected chi connectivity index (χ4v) is 4.15. The molecule has 0 spiro atoms. The summed E-state index contributed by atoms with van der Waals surface area (Å²) in [5.41, 5.74) is 2.73. The minimum absolute atomic E-state index is 0.798. The monoisotopic (exact) mass is 401 g/mol. The molecule has 0 atom stereocenters. The summed E-state index contributed by atoms with van der Waals surface area (Å²) in [5.74, 6) is 0.891. The first-order valence-electron chi connectivity index (χ1n) is 11.4. The van der Waals surface area contributed by atoms with E-state index < -0.39 is 0 Å². The van der Waals surface area contributed by atoms with E-state index in [1.54, 1.807) is 0 Å². The number of benzene rings is 1. The van der Waals surface area contributed by atoms with Gasteiger partial charge in [-0.05, 0) is 50.0 Å². The van der Waals surface area contributed by atoms with Crippen molar-refractivity contribution < 1.29 is 4.74 Å². The average molecular weight is 402 g/mol. The van der Waals surface area contributed by atoms with Crippen LogP contribution in [-0.2, 0) is 17.8 Å². The number of aliphatic imine (C=N–C) groups is 1. The lowest BCUT2D eigenvalue weighted by molar-refractivity contribution is 0.0341. The Hall–Kier alpha value is -1.63. The minimum atomic E-state index is 0.798. The highest BCUT2D eigenvalue weighted by Crippen LogP contribution is 2.13. The van der Waals surface area contributed by atoms with E-state index in [0.717, 1.165) is 58.3 Å². The molecule has 0 aliphatic carbocycles. The first-order chi connectivity index (χ1) is 14.3. The minimum Gasteiger partial charge on any atom is -0.379 e. The van der Waals surface area contributed by atoms with Crippen LogP contribution in [0.2, 0.25) is 0 Å². The molecule has 2 heterocycles. The number of rotatable bonds is 8. The number of nitrogens with one attached hydrogen (secondary N) is 2. The maximum atomic E-state index is 5.47. The summed E-state index contributed by atoms with van der Waals surface area (Å²) >= 11 is 0. The molecule has 1 aromatic rings. The topological polar surface area (TPSA) is 52.1 Å². The lowest BCUT2D eigenvalue weighted by Gasteiger charge is -2.27. The van der Waals surface area contributed by atoms with Crippen molar-refractivity contribution in [3.8, 4) is 0 Å². The van der Waals surface area contributed by atoms with Crippen LogP contribution in [0.3, 0.4) is 0 Å². The molecule has 2 saturated heterocycles. The Labute approximate surface area is 176 Å². The van der Waals surface area contributed by atoms with Crippen LogP contribution in [-0.4, -0.2) is 75.3 Å². The summed E-state index contributed by atoms with van der Waals surface area (Å²) in [6, 6.07) is 8.71. The third-order valence-corrected chi connectivity index (χ3v) is 5.93. The molecular weight excluding hydrogens is 362 g/mol. The van der Waals surface area contributed by atoms with Gasteiger partial charge in [-0.1, -0.05) is 37.1 Å². The predicted octanol–water partition coefficient (Wildman–Crippen LogP) is 2.45. The second-order valence-electron chi connectivity index (χ2n) is 8.12. The molecule has 29 heavy (non-hydrogen) atoms. The summed E-state index contributed by atoms with van der Waals surface area (Å²) in [6.07, 6.45) is 6.69. The van der Waals surface area contributed by atoms with Crippen LogP contribution in [0, 0.1) is 0 Å². The molecule has 1 aromatic carbocycles. The second kappa shape index (κ2) is 12.8. The van der Waals surface area contributed by atoms with Crippen LogP contribution in [0.25, 0.3) is 0 Å². The average Bonchev–Trinajstić information content (AvgIpc) is 3.04. The van der Waals surface area contributed by atoms with Crippen molar-refractivity contribution in [1.29, 1.82) is 0 Å². The van der Waals surface area contributed by atoms with Gasteiger partial charge >= 0.3 is 0 Å². The highest BCUT2D eigenvalue weighted by Gasteiger charge is 2.13. The van der Waals surface area contributed by atoms with Crippen LogP contribution in [0.1, 0.15) is 43.2 Å². The quantitative estimate of drug-likeness (QED) is 0.398. The molecule has 0 amide bonds. The van der Waals surface area contributed by atoms with Crippen LogP contribution in [0.5, 0.6) is 0 Å². The number of nitrogens with zero attached hydrogens (tertiary/aromatic N) is 3. The number of ether oxygens (including phenoxy) is 1. The Bertz CT molecular complexity index is 607. The molecule has 0 unspecified atom stereocenters. The molecule has 3 rings (SSSR count). The summed E-state index contributed by atoms with van der Waals surface area (Å²) in [5, 5.41) is 6.97. The highest BCUT2D eigenvalue weighted by atomic mass is 16.5. The molecule has 0 bridgehead atoms. The van der Waals surface area contributed by atoms with E-state index in [0.29, 0.717) is 0 Å². The maximum Gasteiger partial charge on any atom is 0.191 e. The Morgan fingerprint density at radius 3 is 2.38 bits per heavy atom. The first kappa shape index (κ1) is 22.1. The Morgan fingerprint density at radius 2 is 1.66 bits per heavy atom. The fraction of sp³-hybridized carbons (Fsp3) is 0.696. The molecule has 0 saturated carbocycles. The van der Waals surface area contributed by atoms with E-state index in [9.17, 15) is 0 Å². The van der Waals surface area contributed by atoms with Gasteiger partial charge in [0, 0.05) is 39.8 Å². The van der Waals surface area contributed by atoms with Crippen molar-refractivity contribution in [1.82, 2.24) is 20.4 Å². The molecule has 2 fully saturated rings. The smallest absolute Gasteiger partial charge is 0.191 e. The normalized spacial score (nSPS) is 19.7. The zero-order chi connectivity index (χ0) is 20.2. The van der Waals surface area contributed by atoms with Crippen molar-refractivity contribution in [2.45, 2.75) is 45.2 Å². The van der Waals surface area contributed by atoms with Gasteiger partial charge in [0.1, 0.15) is 0 Å². The zero-order valence-corrected chi connectivity index (χ0v) is 18.2. The number of morpholine rings is 1. The zero-order valence-electron chi connectivity index (χ0n) is 18.2. The second-order valence-corrected chi connectivity index (χ2v) is 8.12. The number of guanidine groups is 1. The largest absolute Gasteiger partial charge is 0.379 e. The fourth-order valence-electron chi connectivity index (χ4n) is 4.15. The molecular formula is C23H39N5O. The van der Waals surface area contributed by atoms with E-state index in [2.05, 4.69) is 49.7 Å². The number of hydrogen-bond donors (Lipinski definition) is 2. The van der Waals surface area contributed by atoms with Crippen molar-refractivity contribution in [2.24, 2.45) is 4.99 Å². The number of hydrogen-bond acceptors (Lipinski definition) is 4. The van der Waals surface area contributed by atoms with Crippen LogP contribution < -0.4 is 10.6 Å². The van der Waals surface area contributed by atoms with Crippen LogP contribution in [0.15, 0.2) is 29.3 Å². The third kappa shape index (κ3) is 7.96. The lowest BCUT2D eigenvalue weighted by Crippen LogP contribution is -2.39. The van der Waals surface area contributed by atoms with Crippen molar-refractivity contribution in [3.05, 3.63) is 35.4 Å². The Morgan fingerprint density at radius 1 is 0.931 bits per heavy atom. The van der Waals surface area contributed by atoms with Crippen molar-refractivity contribution >= 4 is 5.96 Å². The van der Waals surface area contributed by atoms with E-state index in [-0.39, 0.29) is 0 Å². The predicted molar refractivity (Wildman–Crippen MR) is 120 cm³/mol. The first-order valence-corrected chi connectivity index (χ1v) is 11.4. The Balaban J connectivity index is 1.39. The van der Waals surface area contributed by atoms with Gasteiger partial charge < -0.3 is 20.3 Å². The van der Waals surface area contributed by atoms with Gasteiger partial charge in [-0.25, -0.2) is 0 Å². The molecule has 2 N–H and O–H groups in total. The molecule has 162 valence electrons. The molecule has 2 aliphatic rings. The van der Waals surface area contributed by atoms with Crippen molar-refractivity contribution in [3.63, 3.8) is 0 Å². The van der Waals surface area contributed by atoms with Gasteiger partial charge in [0.05, 0.1) is 13.2 Å². The lowest BCUT2D eigenvalue weighted by atomic mass is 10.1. The SMILES string of the molecule is CN=C(NCCCN1CCCCCC1)NCc1ccccc1CN1CCOCC1. The van der Waals surface area contributed by atoms with Gasteiger partial charge in [-0.2, -0.15) is 0 Å². The number of likely N-dealkylation sites (tertiary alicyclic amines) is 1. The summed E-state index contributed by atoms with van der Waals surface area (Å²) in [7, 11) is 1.85. The van der Waals surface area contributed by atoms with Gasteiger partial charge in [-0.3, -0.25) is 9.89 Å². The van der Waals surface area contributed by atoms with Gasteiger partial charge in [-0.15, -0.1) is 0 Å². The third-order valence-electron chi connectivity index (χ3n) is 5.93. The Kier molecular flexibility index (Phi) is 9.76. The molecule has 6 heteroatoms. The van der Waals surface area contributed by atoms with E-state index >= 15 is 0 Å². The maximum absolute atomic E-state index is 5.47. The van der Waals surface area contributed by atoms with Gasteiger partial charge in [0.2, 0.25) is 0 Å².